The van der Waals surface area contributed by atoms with E-state index in [0.29, 0.717) is 5.82 Å². The fourth-order valence-corrected chi connectivity index (χ4v) is 9.82. The van der Waals surface area contributed by atoms with Gasteiger partial charge in [-0.2, -0.15) is 0 Å². The second-order valence-electron chi connectivity index (χ2n) is 16.2. The average Bonchev–Trinajstić information content (AvgIpc) is 3.74. The Hall–Kier alpha value is -6.26. The van der Waals surface area contributed by atoms with Crippen LogP contribution in [0.25, 0.3) is 88.2 Å². The highest BCUT2D eigenvalue weighted by Gasteiger charge is 2.42. The summed E-state index contributed by atoms with van der Waals surface area (Å²) in [6.07, 6.45) is 1.14. The van der Waals surface area contributed by atoms with Crippen LogP contribution in [-0.4, -0.2) is 19.1 Å². The highest BCUT2D eigenvalue weighted by Crippen LogP contribution is 2.50. The van der Waals surface area contributed by atoms with Crippen LogP contribution in [0.4, 0.5) is 0 Å². The molecule has 0 saturated heterocycles. The van der Waals surface area contributed by atoms with E-state index in [-0.39, 0.29) is 10.8 Å². The molecule has 1 aliphatic carbocycles. The molecule has 10 aromatic rings. The Morgan fingerprint density at radius 2 is 1.09 bits per heavy atom. The van der Waals surface area contributed by atoms with Gasteiger partial charge < -0.3 is 4.57 Å². The normalized spacial score (nSPS) is 15.0. The van der Waals surface area contributed by atoms with Gasteiger partial charge in [0.05, 0.1) is 33.0 Å². The molecule has 0 radical (unpaired) electrons. The maximum Gasteiger partial charge on any atom is 0.162 e. The first-order valence-corrected chi connectivity index (χ1v) is 18.6. The van der Waals surface area contributed by atoms with Crippen molar-refractivity contribution in [3.63, 3.8) is 0 Å². The van der Waals surface area contributed by atoms with Gasteiger partial charge in [0.15, 0.2) is 5.82 Å². The zero-order valence-corrected chi connectivity index (χ0v) is 30.4. The van der Waals surface area contributed by atoms with E-state index in [1.165, 1.54) is 54.8 Å². The standard InChI is InChI=1S/C49H38N4/c1-48(2)29-49(3,4)39-26-32(23-24-38(39)48)52-41-20-12-10-18-34(41)36-27-37-35-19-11-13-21-42(35)53(44(37)28-43(36)52)47-45-33-17-9-8-14-30(33)22-25-40(45)50-46(51-47)31-15-6-5-7-16-31/h5-28H,29H2,1-4H3. The van der Waals surface area contributed by atoms with E-state index in [9.17, 15) is 0 Å². The van der Waals surface area contributed by atoms with E-state index in [4.69, 9.17) is 9.97 Å². The number of para-hydroxylation sites is 2. The molecule has 0 N–H and O–H groups in total. The molecule has 4 nitrogen and oxygen atoms in total. The molecule has 0 saturated carbocycles. The van der Waals surface area contributed by atoms with Gasteiger partial charge >= 0.3 is 0 Å². The van der Waals surface area contributed by atoms with Crippen LogP contribution in [0.15, 0.2) is 146 Å². The number of nitrogens with zero attached hydrogens (tertiary/aromatic N) is 4. The molecule has 0 atom stereocenters. The van der Waals surface area contributed by atoms with Gasteiger partial charge in [0, 0.05) is 32.8 Å². The van der Waals surface area contributed by atoms with Gasteiger partial charge in [-0.15, -0.1) is 0 Å². The van der Waals surface area contributed by atoms with Gasteiger partial charge in [-0.3, -0.25) is 4.57 Å². The van der Waals surface area contributed by atoms with E-state index in [0.717, 1.165) is 45.1 Å². The Labute approximate surface area is 308 Å². The molecule has 0 spiro atoms. The lowest BCUT2D eigenvalue weighted by molar-refractivity contribution is 0.403. The van der Waals surface area contributed by atoms with Crippen molar-refractivity contribution in [3.05, 3.63) is 157 Å². The SMILES string of the molecule is CC1(C)CC(C)(C)c2cc(-n3c4ccccc4c4cc5c6ccccc6n(-c6nc(-c7ccccc7)nc7ccc8ccccc8c67)c5cc43)ccc21. The summed E-state index contributed by atoms with van der Waals surface area (Å²) >= 11 is 0. The number of rotatable bonds is 3. The smallest absolute Gasteiger partial charge is 0.162 e. The van der Waals surface area contributed by atoms with Crippen molar-refractivity contribution < 1.29 is 0 Å². The first-order chi connectivity index (χ1) is 25.8. The van der Waals surface area contributed by atoms with E-state index in [2.05, 4.69) is 176 Å². The van der Waals surface area contributed by atoms with Gasteiger partial charge in [0.2, 0.25) is 0 Å². The minimum Gasteiger partial charge on any atom is -0.309 e. The average molecular weight is 683 g/mol. The monoisotopic (exact) mass is 682 g/mol. The number of aromatic nitrogens is 4. The highest BCUT2D eigenvalue weighted by molar-refractivity contribution is 6.20. The number of hydrogen-bond acceptors (Lipinski definition) is 2. The summed E-state index contributed by atoms with van der Waals surface area (Å²) in [5, 5.41) is 8.28. The summed E-state index contributed by atoms with van der Waals surface area (Å²) in [6, 6.07) is 52.9. The molecule has 0 fully saturated rings. The second-order valence-corrected chi connectivity index (χ2v) is 16.2. The third-order valence-corrected chi connectivity index (χ3v) is 11.9. The van der Waals surface area contributed by atoms with Crippen molar-refractivity contribution in [2.24, 2.45) is 0 Å². The molecule has 3 aromatic heterocycles. The molecule has 254 valence electrons. The number of benzene rings is 7. The lowest BCUT2D eigenvalue weighted by Crippen LogP contribution is -2.18. The lowest BCUT2D eigenvalue weighted by Gasteiger charge is -2.22. The molecular formula is C49H38N4. The van der Waals surface area contributed by atoms with Gasteiger partial charge in [-0.1, -0.05) is 131 Å². The first-order valence-electron chi connectivity index (χ1n) is 18.6. The van der Waals surface area contributed by atoms with E-state index >= 15 is 0 Å². The summed E-state index contributed by atoms with van der Waals surface area (Å²) in [7, 11) is 0. The molecule has 0 amide bonds. The van der Waals surface area contributed by atoms with Crippen LogP contribution in [0.1, 0.15) is 45.2 Å². The van der Waals surface area contributed by atoms with Crippen LogP contribution in [0.3, 0.4) is 0 Å². The van der Waals surface area contributed by atoms with Crippen LogP contribution in [-0.2, 0) is 10.8 Å². The minimum absolute atomic E-state index is 0.0978. The Kier molecular flexibility index (Phi) is 6.10. The van der Waals surface area contributed by atoms with Crippen LogP contribution < -0.4 is 0 Å². The molecule has 0 unspecified atom stereocenters. The van der Waals surface area contributed by atoms with Gasteiger partial charge in [0.1, 0.15) is 5.82 Å². The maximum absolute atomic E-state index is 5.48. The van der Waals surface area contributed by atoms with Crippen molar-refractivity contribution in [2.75, 3.05) is 0 Å². The summed E-state index contributed by atoms with van der Waals surface area (Å²) in [6.45, 7) is 9.58. The summed E-state index contributed by atoms with van der Waals surface area (Å²) in [5.41, 5.74) is 10.9. The quantitative estimate of drug-likeness (QED) is 0.174. The van der Waals surface area contributed by atoms with Crippen LogP contribution >= 0.6 is 0 Å². The lowest BCUT2D eigenvalue weighted by atomic mass is 9.82. The predicted molar refractivity (Wildman–Crippen MR) is 222 cm³/mol. The third kappa shape index (κ3) is 4.29. The zero-order chi connectivity index (χ0) is 35.6. The van der Waals surface area contributed by atoms with Crippen molar-refractivity contribution in [3.8, 4) is 22.9 Å². The summed E-state index contributed by atoms with van der Waals surface area (Å²) in [4.78, 5) is 10.7. The number of hydrogen-bond donors (Lipinski definition) is 0. The Morgan fingerprint density at radius 3 is 1.85 bits per heavy atom. The Bertz CT molecular complexity index is 3140. The van der Waals surface area contributed by atoms with E-state index in [1.807, 2.05) is 6.07 Å². The fourth-order valence-electron chi connectivity index (χ4n) is 9.82. The van der Waals surface area contributed by atoms with Crippen molar-refractivity contribution in [1.82, 2.24) is 19.1 Å². The van der Waals surface area contributed by atoms with Crippen LogP contribution in [0.5, 0.6) is 0 Å². The summed E-state index contributed by atoms with van der Waals surface area (Å²) < 4.78 is 4.88. The maximum atomic E-state index is 5.48. The Morgan fingerprint density at radius 1 is 0.472 bits per heavy atom. The van der Waals surface area contributed by atoms with Gasteiger partial charge in [-0.05, 0) is 81.6 Å². The first kappa shape index (κ1) is 30.4. The molecule has 53 heavy (non-hydrogen) atoms. The summed E-state index contributed by atoms with van der Waals surface area (Å²) in [5.74, 6) is 1.61. The molecular weight excluding hydrogens is 645 g/mol. The predicted octanol–water partition coefficient (Wildman–Crippen LogP) is 12.6. The van der Waals surface area contributed by atoms with Crippen molar-refractivity contribution >= 4 is 65.3 Å². The van der Waals surface area contributed by atoms with Crippen molar-refractivity contribution in [2.45, 2.75) is 44.9 Å². The zero-order valence-electron chi connectivity index (χ0n) is 30.4. The highest BCUT2D eigenvalue weighted by atomic mass is 15.1. The van der Waals surface area contributed by atoms with Crippen LogP contribution in [0, 0.1) is 0 Å². The van der Waals surface area contributed by atoms with Gasteiger partial charge in [-0.25, -0.2) is 9.97 Å². The van der Waals surface area contributed by atoms with E-state index < -0.39 is 0 Å². The fraction of sp³-hybridized carbons (Fsp3) is 0.143. The Balaban J connectivity index is 1.29. The molecule has 7 aromatic carbocycles. The number of fused-ring (bicyclic) bond motifs is 10. The molecule has 11 rings (SSSR count). The molecule has 0 aliphatic heterocycles. The molecule has 3 heterocycles. The van der Waals surface area contributed by atoms with Gasteiger partial charge in [0.25, 0.3) is 0 Å². The van der Waals surface area contributed by atoms with Crippen molar-refractivity contribution in [1.29, 1.82) is 0 Å². The molecule has 4 heteroatoms. The second kappa shape index (κ2) is 10.6. The molecule has 1 aliphatic rings. The molecule has 0 bridgehead atoms. The van der Waals surface area contributed by atoms with E-state index in [1.54, 1.807) is 0 Å². The van der Waals surface area contributed by atoms with Crippen LogP contribution in [0.2, 0.25) is 0 Å². The third-order valence-electron chi connectivity index (χ3n) is 11.9. The largest absolute Gasteiger partial charge is 0.309 e. The topological polar surface area (TPSA) is 35.6 Å². The minimum atomic E-state index is 0.0978.